The van der Waals surface area contributed by atoms with Crippen LogP contribution in [0.4, 0.5) is 0 Å². The SMILES string of the molecule is COc1cc(Cl)ccc1C(=O)NCCCc1nc2c(s1)CCCC2. The highest BCUT2D eigenvalue weighted by atomic mass is 35.5. The molecular formula is C18H21ClN2O2S. The predicted octanol–water partition coefficient (Wildman–Crippen LogP) is 4.05. The quantitative estimate of drug-likeness (QED) is 0.787. The van der Waals surface area contributed by atoms with Crippen LogP contribution in [0.1, 0.15) is 45.2 Å². The van der Waals surface area contributed by atoms with Gasteiger partial charge < -0.3 is 10.1 Å². The lowest BCUT2D eigenvalue weighted by Crippen LogP contribution is -2.25. The molecule has 0 atom stereocenters. The largest absolute Gasteiger partial charge is 0.496 e. The number of benzene rings is 1. The summed E-state index contributed by atoms with van der Waals surface area (Å²) in [7, 11) is 1.53. The number of ether oxygens (including phenoxy) is 1. The van der Waals surface area contributed by atoms with E-state index in [0.29, 0.717) is 22.9 Å². The fraction of sp³-hybridized carbons (Fsp3) is 0.444. The molecule has 2 aromatic rings. The molecule has 0 saturated carbocycles. The molecule has 4 nitrogen and oxygen atoms in total. The van der Waals surface area contributed by atoms with Gasteiger partial charge in [-0.3, -0.25) is 4.79 Å². The molecule has 0 saturated heterocycles. The molecule has 24 heavy (non-hydrogen) atoms. The van der Waals surface area contributed by atoms with Crippen molar-refractivity contribution in [1.82, 2.24) is 10.3 Å². The summed E-state index contributed by atoms with van der Waals surface area (Å²) in [6, 6.07) is 5.03. The average molecular weight is 365 g/mol. The Morgan fingerprint density at radius 2 is 2.21 bits per heavy atom. The second-order valence-corrected chi connectivity index (χ2v) is 7.49. The van der Waals surface area contributed by atoms with Gasteiger partial charge in [0.25, 0.3) is 5.91 Å². The molecule has 1 amide bonds. The zero-order valence-electron chi connectivity index (χ0n) is 13.7. The third-order valence-corrected chi connectivity index (χ3v) is 5.60. The van der Waals surface area contributed by atoms with Crippen molar-refractivity contribution in [2.75, 3.05) is 13.7 Å². The number of carbonyl (C=O) groups excluding carboxylic acids is 1. The van der Waals surface area contributed by atoms with Crippen molar-refractivity contribution in [1.29, 1.82) is 0 Å². The van der Waals surface area contributed by atoms with E-state index in [4.69, 9.17) is 21.3 Å². The maximum Gasteiger partial charge on any atom is 0.255 e. The molecule has 0 aliphatic heterocycles. The van der Waals surface area contributed by atoms with Crippen LogP contribution in [0.5, 0.6) is 5.75 Å². The van der Waals surface area contributed by atoms with Crippen molar-refractivity contribution >= 4 is 28.8 Å². The number of carbonyl (C=O) groups is 1. The monoisotopic (exact) mass is 364 g/mol. The van der Waals surface area contributed by atoms with Crippen molar-refractivity contribution in [2.24, 2.45) is 0 Å². The number of rotatable bonds is 6. The van der Waals surface area contributed by atoms with Crippen LogP contribution in [0, 0.1) is 0 Å². The van der Waals surface area contributed by atoms with Crippen LogP contribution < -0.4 is 10.1 Å². The molecule has 0 bridgehead atoms. The van der Waals surface area contributed by atoms with E-state index in [1.165, 1.54) is 42.0 Å². The van der Waals surface area contributed by atoms with Crippen molar-refractivity contribution in [3.05, 3.63) is 44.4 Å². The van der Waals surface area contributed by atoms with Crippen molar-refractivity contribution in [3.63, 3.8) is 0 Å². The van der Waals surface area contributed by atoms with Gasteiger partial charge >= 0.3 is 0 Å². The Morgan fingerprint density at radius 3 is 3.00 bits per heavy atom. The van der Waals surface area contributed by atoms with E-state index in [1.807, 2.05) is 11.3 Å². The minimum atomic E-state index is -0.137. The van der Waals surface area contributed by atoms with Gasteiger partial charge in [0.1, 0.15) is 5.75 Å². The van der Waals surface area contributed by atoms with Crippen LogP contribution in [0.15, 0.2) is 18.2 Å². The van der Waals surface area contributed by atoms with Gasteiger partial charge in [-0.25, -0.2) is 4.98 Å². The van der Waals surface area contributed by atoms with Crippen LogP contribution in [-0.2, 0) is 19.3 Å². The molecule has 1 aliphatic carbocycles. The molecule has 3 rings (SSSR count). The van der Waals surface area contributed by atoms with Crippen LogP contribution in [0.25, 0.3) is 0 Å². The molecule has 1 N–H and O–H groups in total. The Morgan fingerprint density at radius 1 is 1.38 bits per heavy atom. The molecule has 1 aliphatic rings. The second-order valence-electron chi connectivity index (χ2n) is 5.89. The summed E-state index contributed by atoms with van der Waals surface area (Å²) in [4.78, 5) is 18.5. The van der Waals surface area contributed by atoms with Crippen molar-refractivity contribution in [3.8, 4) is 5.75 Å². The van der Waals surface area contributed by atoms with Gasteiger partial charge in [0.2, 0.25) is 0 Å². The lowest BCUT2D eigenvalue weighted by molar-refractivity contribution is 0.0950. The molecule has 0 fully saturated rings. The van der Waals surface area contributed by atoms with Gasteiger partial charge in [-0.2, -0.15) is 0 Å². The molecule has 0 unspecified atom stereocenters. The number of halogens is 1. The number of hydrogen-bond donors (Lipinski definition) is 1. The minimum absolute atomic E-state index is 0.137. The van der Waals surface area contributed by atoms with E-state index in [0.717, 1.165) is 19.3 Å². The van der Waals surface area contributed by atoms with E-state index in [-0.39, 0.29) is 5.91 Å². The number of hydrogen-bond acceptors (Lipinski definition) is 4. The Bertz CT molecular complexity index is 706. The Labute approximate surface area is 151 Å². The normalized spacial score (nSPS) is 13.4. The maximum absolute atomic E-state index is 12.3. The highest BCUT2D eigenvalue weighted by Crippen LogP contribution is 2.27. The maximum atomic E-state index is 12.3. The average Bonchev–Trinajstić information content (AvgIpc) is 3.01. The molecule has 0 radical (unpaired) electrons. The number of nitrogens with zero attached hydrogens (tertiary/aromatic N) is 1. The van der Waals surface area contributed by atoms with Crippen molar-refractivity contribution in [2.45, 2.75) is 38.5 Å². The molecule has 128 valence electrons. The first-order chi connectivity index (χ1) is 11.7. The fourth-order valence-electron chi connectivity index (χ4n) is 2.90. The van der Waals surface area contributed by atoms with E-state index in [2.05, 4.69) is 5.32 Å². The molecule has 1 heterocycles. The summed E-state index contributed by atoms with van der Waals surface area (Å²) in [5.41, 5.74) is 1.81. The van der Waals surface area contributed by atoms with E-state index >= 15 is 0 Å². The Hall–Kier alpha value is -1.59. The number of aryl methyl sites for hydroxylation is 3. The fourth-order valence-corrected chi connectivity index (χ4v) is 4.26. The summed E-state index contributed by atoms with van der Waals surface area (Å²) < 4.78 is 5.22. The Balaban J connectivity index is 1.49. The number of thiazole rings is 1. The molecule has 6 heteroatoms. The number of fused-ring (bicyclic) bond motifs is 1. The minimum Gasteiger partial charge on any atom is -0.496 e. The van der Waals surface area contributed by atoms with E-state index < -0.39 is 0 Å². The van der Waals surface area contributed by atoms with Gasteiger partial charge in [-0.05, 0) is 50.3 Å². The first-order valence-electron chi connectivity index (χ1n) is 8.26. The van der Waals surface area contributed by atoms with Crippen LogP contribution in [0.2, 0.25) is 5.02 Å². The summed E-state index contributed by atoms with van der Waals surface area (Å²) >= 11 is 7.76. The van der Waals surface area contributed by atoms with Crippen LogP contribution >= 0.6 is 22.9 Å². The highest BCUT2D eigenvalue weighted by molar-refractivity contribution is 7.11. The predicted molar refractivity (Wildman–Crippen MR) is 97.4 cm³/mol. The van der Waals surface area contributed by atoms with Gasteiger partial charge in [-0.1, -0.05) is 11.6 Å². The summed E-state index contributed by atoms with van der Waals surface area (Å²) in [5.74, 6) is 0.356. The number of aromatic nitrogens is 1. The number of nitrogens with one attached hydrogen (secondary N) is 1. The smallest absolute Gasteiger partial charge is 0.255 e. The second kappa shape index (κ2) is 7.99. The molecule has 1 aromatic carbocycles. The Kier molecular flexibility index (Phi) is 5.74. The van der Waals surface area contributed by atoms with Gasteiger partial charge in [0.05, 0.1) is 23.4 Å². The van der Waals surface area contributed by atoms with E-state index in [9.17, 15) is 4.79 Å². The van der Waals surface area contributed by atoms with Gasteiger partial charge in [-0.15, -0.1) is 11.3 Å². The number of methoxy groups -OCH3 is 1. The molecular weight excluding hydrogens is 344 g/mol. The topological polar surface area (TPSA) is 51.2 Å². The molecule has 1 aromatic heterocycles. The van der Waals surface area contributed by atoms with Gasteiger partial charge in [0.15, 0.2) is 0 Å². The summed E-state index contributed by atoms with van der Waals surface area (Å²) in [6.07, 6.45) is 6.64. The number of amides is 1. The highest BCUT2D eigenvalue weighted by Gasteiger charge is 2.15. The first-order valence-corrected chi connectivity index (χ1v) is 9.46. The van der Waals surface area contributed by atoms with Crippen LogP contribution in [-0.4, -0.2) is 24.5 Å². The van der Waals surface area contributed by atoms with Crippen molar-refractivity contribution < 1.29 is 9.53 Å². The standard InChI is InChI=1S/C18H21ClN2O2S/c1-23-15-11-12(19)8-9-13(15)18(22)20-10-4-7-17-21-14-5-2-3-6-16(14)24-17/h8-9,11H,2-7,10H2,1H3,(H,20,22). The zero-order valence-corrected chi connectivity index (χ0v) is 15.3. The third kappa shape index (κ3) is 4.08. The third-order valence-electron chi connectivity index (χ3n) is 4.15. The van der Waals surface area contributed by atoms with Gasteiger partial charge in [0, 0.05) is 22.9 Å². The molecule has 0 spiro atoms. The zero-order chi connectivity index (χ0) is 16.9. The van der Waals surface area contributed by atoms with E-state index in [1.54, 1.807) is 18.2 Å². The summed E-state index contributed by atoms with van der Waals surface area (Å²) in [5, 5.41) is 4.69. The summed E-state index contributed by atoms with van der Waals surface area (Å²) in [6.45, 7) is 0.620. The first kappa shape index (κ1) is 17.2. The lowest BCUT2D eigenvalue weighted by Gasteiger charge is -2.09. The lowest BCUT2D eigenvalue weighted by atomic mass is 10.0. The van der Waals surface area contributed by atoms with Crippen LogP contribution in [0.3, 0.4) is 0 Å².